The quantitative estimate of drug-likeness (QED) is 0.548. The lowest BCUT2D eigenvalue weighted by Gasteiger charge is -2.21. The predicted octanol–water partition coefficient (Wildman–Crippen LogP) is 3.30. The SMILES string of the molecule is O=C1c2ccccc2-c2c(S(=O)(=O)O)ccc3cccc1c23. The first kappa shape index (κ1) is 13.2. The Morgan fingerprint density at radius 1 is 0.773 bits per heavy atom. The average Bonchev–Trinajstić information content (AvgIpc) is 2.51. The second-order valence-corrected chi connectivity index (χ2v) is 6.58. The first-order valence-electron chi connectivity index (χ1n) is 6.66. The third-order valence-electron chi connectivity index (χ3n) is 3.97. The molecule has 0 amide bonds. The fourth-order valence-electron chi connectivity index (χ4n) is 3.08. The van der Waals surface area contributed by atoms with Crippen LogP contribution >= 0.6 is 0 Å². The molecule has 3 aromatic carbocycles. The highest BCUT2D eigenvalue weighted by Crippen LogP contribution is 2.42. The van der Waals surface area contributed by atoms with Crippen LogP contribution in [0.25, 0.3) is 21.9 Å². The first-order chi connectivity index (χ1) is 10.5. The lowest BCUT2D eigenvalue weighted by Crippen LogP contribution is -2.12. The molecular formula is C17H10O4S. The zero-order valence-electron chi connectivity index (χ0n) is 11.3. The Bertz CT molecular complexity index is 1070. The number of hydrogen-bond acceptors (Lipinski definition) is 3. The van der Waals surface area contributed by atoms with E-state index in [1.54, 1.807) is 42.5 Å². The smallest absolute Gasteiger partial charge is 0.289 e. The molecular weight excluding hydrogens is 300 g/mol. The molecule has 0 radical (unpaired) electrons. The molecule has 1 aliphatic rings. The first-order valence-corrected chi connectivity index (χ1v) is 8.10. The minimum Gasteiger partial charge on any atom is -0.289 e. The van der Waals surface area contributed by atoms with Gasteiger partial charge < -0.3 is 0 Å². The summed E-state index contributed by atoms with van der Waals surface area (Å²) in [5.74, 6) is -0.138. The largest absolute Gasteiger partial charge is 0.295 e. The standard InChI is InChI=1S/C17H10O4S/c18-17-12-6-2-1-5-11(12)16-14(22(19,20)21)9-8-10-4-3-7-13(17)15(10)16/h1-9H,(H,19,20,21). The molecule has 1 N–H and O–H groups in total. The Balaban J connectivity index is 2.32. The molecule has 4 nitrogen and oxygen atoms in total. The zero-order chi connectivity index (χ0) is 15.5. The van der Waals surface area contributed by atoms with Crippen molar-refractivity contribution in [2.75, 3.05) is 0 Å². The van der Waals surface area contributed by atoms with E-state index >= 15 is 0 Å². The van der Waals surface area contributed by atoms with Gasteiger partial charge in [0.1, 0.15) is 4.90 Å². The van der Waals surface area contributed by atoms with Crippen LogP contribution in [0.3, 0.4) is 0 Å². The van der Waals surface area contributed by atoms with E-state index in [1.165, 1.54) is 6.07 Å². The van der Waals surface area contributed by atoms with Crippen molar-refractivity contribution in [1.29, 1.82) is 0 Å². The second kappa shape index (κ2) is 4.25. The van der Waals surface area contributed by atoms with E-state index in [0.717, 1.165) is 5.39 Å². The molecule has 4 rings (SSSR count). The van der Waals surface area contributed by atoms with E-state index in [9.17, 15) is 17.8 Å². The van der Waals surface area contributed by atoms with Crippen LogP contribution in [0.15, 0.2) is 59.5 Å². The Hall–Kier alpha value is -2.50. The molecule has 3 aromatic rings. The third-order valence-corrected chi connectivity index (χ3v) is 4.87. The fourth-order valence-corrected chi connectivity index (χ4v) is 3.79. The van der Waals surface area contributed by atoms with Gasteiger partial charge in [-0.3, -0.25) is 9.35 Å². The molecule has 22 heavy (non-hydrogen) atoms. The van der Waals surface area contributed by atoms with Gasteiger partial charge in [-0.2, -0.15) is 8.42 Å². The highest BCUT2D eigenvalue weighted by molar-refractivity contribution is 7.86. The molecule has 5 heteroatoms. The van der Waals surface area contributed by atoms with Crippen LogP contribution in [0.5, 0.6) is 0 Å². The van der Waals surface area contributed by atoms with Crippen LogP contribution in [0.2, 0.25) is 0 Å². The van der Waals surface area contributed by atoms with Crippen LogP contribution in [0.1, 0.15) is 15.9 Å². The van der Waals surface area contributed by atoms with Crippen LogP contribution in [0.4, 0.5) is 0 Å². The monoisotopic (exact) mass is 310 g/mol. The van der Waals surface area contributed by atoms with Gasteiger partial charge in [-0.05, 0) is 17.0 Å². The highest BCUT2D eigenvalue weighted by atomic mass is 32.2. The number of hydrogen-bond donors (Lipinski definition) is 1. The number of rotatable bonds is 1. The van der Waals surface area contributed by atoms with E-state index in [0.29, 0.717) is 27.6 Å². The van der Waals surface area contributed by atoms with E-state index in [-0.39, 0.29) is 10.7 Å². The summed E-state index contributed by atoms with van der Waals surface area (Å²) in [5.41, 5.74) is 1.82. The van der Waals surface area contributed by atoms with Crippen molar-refractivity contribution in [2.45, 2.75) is 4.90 Å². The van der Waals surface area contributed by atoms with Gasteiger partial charge in [-0.15, -0.1) is 0 Å². The fraction of sp³-hybridized carbons (Fsp3) is 0. The van der Waals surface area contributed by atoms with Crippen molar-refractivity contribution in [3.8, 4) is 11.1 Å². The van der Waals surface area contributed by atoms with Crippen molar-refractivity contribution < 1.29 is 17.8 Å². The molecule has 1 aliphatic carbocycles. The third kappa shape index (κ3) is 1.66. The molecule has 0 aliphatic heterocycles. The Morgan fingerprint density at radius 2 is 1.45 bits per heavy atom. The minimum absolute atomic E-state index is 0.138. The summed E-state index contributed by atoms with van der Waals surface area (Å²) in [6.07, 6.45) is 0. The number of carbonyl (C=O) groups is 1. The van der Waals surface area contributed by atoms with Gasteiger partial charge >= 0.3 is 0 Å². The molecule has 0 bridgehead atoms. The molecule has 0 spiro atoms. The van der Waals surface area contributed by atoms with Gasteiger partial charge in [0.15, 0.2) is 5.78 Å². The molecule has 0 atom stereocenters. The topological polar surface area (TPSA) is 71.4 Å². The molecule has 0 unspecified atom stereocenters. The molecule has 0 fully saturated rings. The Labute approximate surface area is 126 Å². The summed E-state index contributed by atoms with van der Waals surface area (Å²) in [4.78, 5) is 12.5. The van der Waals surface area contributed by atoms with Gasteiger partial charge in [0.25, 0.3) is 10.1 Å². The van der Waals surface area contributed by atoms with Crippen molar-refractivity contribution in [3.05, 3.63) is 65.7 Å². The summed E-state index contributed by atoms with van der Waals surface area (Å²) in [6.45, 7) is 0. The van der Waals surface area contributed by atoms with Crippen molar-refractivity contribution in [1.82, 2.24) is 0 Å². The second-order valence-electron chi connectivity index (χ2n) is 5.19. The van der Waals surface area contributed by atoms with E-state index in [2.05, 4.69) is 0 Å². The Kier molecular flexibility index (Phi) is 2.55. The van der Waals surface area contributed by atoms with Gasteiger partial charge in [0.05, 0.1) is 0 Å². The average molecular weight is 310 g/mol. The molecule has 108 valence electrons. The molecule has 0 aromatic heterocycles. The van der Waals surface area contributed by atoms with E-state index in [4.69, 9.17) is 0 Å². The van der Waals surface area contributed by atoms with Gasteiger partial charge in [-0.25, -0.2) is 0 Å². The Morgan fingerprint density at radius 3 is 2.18 bits per heavy atom. The molecule has 0 saturated carbocycles. The summed E-state index contributed by atoms with van der Waals surface area (Å²) in [6, 6.07) is 15.1. The minimum atomic E-state index is -4.39. The zero-order valence-corrected chi connectivity index (χ0v) is 12.1. The lowest BCUT2D eigenvalue weighted by atomic mass is 9.83. The predicted molar refractivity (Wildman–Crippen MR) is 82.6 cm³/mol. The van der Waals surface area contributed by atoms with Gasteiger partial charge in [0, 0.05) is 22.1 Å². The summed E-state index contributed by atoms with van der Waals surface area (Å²) >= 11 is 0. The maximum absolute atomic E-state index is 12.6. The van der Waals surface area contributed by atoms with Crippen molar-refractivity contribution >= 4 is 26.7 Å². The van der Waals surface area contributed by atoms with Crippen LogP contribution < -0.4 is 0 Å². The molecule has 0 heterocycles. The van der Waals surface area contributed by atoms with Crippen molar-refractivity contribution in [3.63, 3.8) is 0 Å². The van der Waals surface area contributed by atoms with E-state index < -0.39 is 10.1 Å². The summed E-state index contributed by atoms with van der Waals surface area (Å²) in [5, 5.41) is 1.34. The maximum Gasteiger partial charge on any atom is 0.295 e. The van der Waals surface area contributed by atoms with Crippen LogP contribution in [-0.4, -0.2) is 18.8 Å². The maximum atomic E-state index is 12.6. The van der Waals surface area contributed by atoms with Gasteiger partial charge in [-0.1, -0.05) is 48.5 Å². The number of ketones is 1. The van der Waals surface area contributed by atoms with E-state index in [1.807, 2.05) is 6.07 Å². The van der Waals surface area contributed by atoms with Crippen LogP contribution in [0, 0.1) is 0 Å². The number of carbonyl (C=O) groups excluding carboxylic acids is 1. The summed E-state index contributed by atoms with van der Waals surface area (Å²) < 4.78 is 33.1. The number of benzene rings is 3. The lowest BCUT2D eigenvalue weighted by molar-refractivity contribution is 0.104. The normalized spacial score (nSPS) is 13.2. The van der Waals surface area contributed by atoms with Gasteiger partial charge in [0.2, 0.25) is 0 Å². The summed E-state index contributed by atoms with van der Waals surface area (Å²) in [7, 11) is -4.39. The van der Waals surface area contributed by atoms with Crippen molar-refractivity contribution in [2.24, 2.45) is 0 Å². The molecule has 0 saturated heterocycles. The van der Waals surface area contributed by atoms with Crippen LogP contribution in [-0.2, 0) is 10.1 Å². The number of fused-ring (bicyclic) bond motifs is 2. The highest BCUT2D eigenvalue weighted by Gasteiger charge is 2.29.